The van der Waals surface area contributed by atoms with Crippen molar-refractivity contribution in [2.75, 3.05) is 11.9 Å². The van der Waals surface area contributed by atoms with Crippen LogP contribution in [0.1, 0.15) is 65.9 Å². The molecule has 0 unspecified atom stereocenters. The molecule has 1 aromatic heterocycles. The number of rotatable bonds is 5. The third kappa shape index (κ3) is 3.06. The molecule has 9 heteroatoms. The Morgan fingerprint density at radius 2 is 1.92 bits per heavy atom. The van der Waals surface area contributed by atoms with E-state index in [9.17, 15) is 10.1 Å². The molecule has 4 fully saturated rings. The largest absolute Gasteiger partial charge is 0.438 e. The van der Waals surface area contributed by atoms with Crippen LogP contribution in [0.25, 0.3) is 6.08 Å². The first-order valence-corrected chi connectivity index (χ1v) is 12.1. The number of anilines is 1. The summed E-state index contributed by atoms with van der Waals surface area (Å²) in [5.74, 6) is 1.03. The minimum Gasteiger partial charge on any atom is -0.438 e. The van der Waals surface area contributed by atoms with Gasteiger partial charge in [0.1, 0.15) is 11.4 Å². The maximum atomic E-state index is 13.4. The van der Waals surface area contributed by atoms with Gasteiger partial charge in [-0.3, -0.25) is 4.79 Å². The number of aromatic nitrogens is 2. The van der Waals surface area contributed by atoms with Crippen molar-refractivity contribution in [1.82, 2.24) is 14.9 Å². The maximum absolute atomic E-state index is 13.4. The molecule has 0 spiro atoms. The molecule has 2 atom stereocenters. The zero-order valence-corrected chi connectivity index (χ0v) is 20.7. The molecule has 2 aliphatic heterocycles. The fourth-order valence-electron chi connectivity index (χ4n) is 6.41. The maximum Gasteiger partial charge on any atom is 0.275 e. The first-order valence-electron chi connectivity index (χ1n) is 12.1. The number of nitrogens with one attached hydrogen (secondary N) is 1. The molecule has 2 bridgehead atoms. The van der Waals surface area contributed by atoms with Gasteiger partial charge >= 0.3 is 0 Å². The lowest BCUT2D eigenvalue weighted by Crippen LogP contribution is -2.70. The average Bonchev–Trinajstić information content (AvgIpc) is 3.19. The molecule has 182 valence electrons. The first kappa shape index (κ1) is 22.5. The van der Waals surface area contributed by atoms with E-state index in [0.29, 0.717) is 23.8 Å². The van der Waals surface area contributed by atoms with Gasteiger partial charge in [-0.1, -0.05) is 0 Å². The van der Waals surface area contributed by atoms with Gasteiger partial charge in [0.05, 0.1) is 35.8 Å². The lowest BCUT2D eigenvalue weighted by molar-refractivity contribution is -0.0732. The van der Waals surface area contributed by atoms with Gasteiger partial charge in [0.25, 0.3) is 5.91 Å². The molecule has 1 N–H and O–H groups in total. The number of nitriles is 2. The summed E-state index contributed by atoms with van der Waals surface area (Å²) in [5.41, 5.74) is 2.00. The van der Waals surface area contributed by atoms with E-state index in [4.69, 9.17) is 19.7 Å². The van der Waals surface area contributed by atoms with E-state index < -0.39 is 5.72 Å². The quantitative estimate of drug-likeness (QED) is 0.625. The number of allylic oxidation sites excluding steroid dienone is 1. The molecule has 36 heavy (non-hydrogen) atoms. The van der Waals surface area contributed by atoms with E-state index >= 15 is 0 Å². The van der Waals surface area contributed by atoms with Crippen LogP contribution in [0.5, 0.6) is 11.6 Å². The van der Waals surface area contributed by atoms with Crippen LogP contribution < -0.4 is 10.1 Å². The van der Waals surface area contributed by atoms with Crippen LogP contribution in [0.4, 0.5) is 5.95 Å². The minimum atomic E-state index is -1.02. The van der Waals surface area contributed by atoms with Gasteiger partial charge in [0.2, 0.25) is 11.8 Å². The van der Waals surface area contributed by atoms with E-state index in [1.165, 1.54) is 6.08 Å². The number of benzene rings is 1. The Balaban J connectivity index is 1.42. The van der Waals surface area contributed by atoms with Gasteiger partial charge in [-0.05, 0) is 81.9 Å². The number of amides is 1. The van der Waals surface area contributed by atoms with E-state index in [1.807, 2.05) is 45.9 Å². The van der Waals surface area contributed by atoms with Gasteiger partial charge < -0.3 is 19.7 Å². The molecule has 3 heterocycles. The Hall–Kier alpha value is -3.95. The summed E-state index contributed by atoms with van der Waals surface area (Å²) in [7, 11) is 0. The van der Waals surface area contributed by atoms with E-state index in [1.54, 1.807) is 11.0 Å². The highest BCUT2D eigenvalue weighted by Crippen LogP contribution is 2.67. The second-order valence-corrected chi connectivity index (χ2v) is 10.8. The molecule has 7 rings (SSSR count). The molecule has 1 saturated heterocycles. The van der Waals surface area contributed by atoms with Crippen molar-refractivity contribution in [2.45, 2.75) is 64.3 Å². The Morgan fingerprint density at radius 1 is 1.22 bits per heavy atom. The number of aryl methyl sites for hydroxylation is 2. The summed E-state index contributed by atoms with van der Waals surface area (Å²) < 4.78 is 12.7. The van der Waals surface area contributed by atoms with Crippen molar-refractivity contribution in [3.05, 3.63) is 46.2 Å². The van der Waals surface area contributed by atoms with Crippen molar-refractivity contribution in [3.8, 4) is 23.8 Å². The average molecular weight is 483 g/mol. The SMILES string of the molecule is Cc1cc(/C=C/C#N)cc(C)c1Oc1nc(NC23CC(C#N)(C2)C3)nc2c1[C@@]1(C)O[C@@H](C)CN1C2=O. The highest BCUT2D eigenvalue weighted by atomic mass is 16.5. The fourth-order valence-corrected chi connectivity index (χ4v) is 6.41. The van der Waals surface area contributed by atoms with Crippen LogP contribution in [0.3, 0.4) is 0 Å². The summed E-state index contributed by atoms with van der Waals surface area (Å²) in [4.78, 5) is 24.5. The Labute approximate surface area is 209 Å². The summed E-state index contributed by atoms with van der Waals surface area (Å²) in [6, 6.07) is 8.29. The smallest absolute Gasteiger partial charge is 0.275 e. The number of hydrogen-bond acceptors (Lipinski definition) is 8. The second kappa shape index (κ2) is 7.28. The monoisotopic (exact) mass is 482 g/mol. The zero-order valence-electron chi connectivity index (χ0n) is 20.7. The fraction of sp³-hybridized carbons (Fsp3) is 0.444. The Morgan fingerprint density at radius 3 is 2.56 bits per heavy atom. The molecule has 0 radical (unpaired) electrons. The van der Waals surface area contributed by atoms with Gasteiger partial charge in [-0.15, -0.1) is 0 Å². The van der Waals surface area contributed by atoms with E-state index in [-0.39, 0.29) is 34.5 Å². The van der Waals surface area contributed by atoms with Crippen molar-refractivity contribution in [2.24, 2.45) is 5.41 Å². The normalized spacial score (nSPS) is 31.2. The molecule has 3 aliphatic carbocycles. The number of fused-ring (bicyclic) bond motifs is 3. The molecule has 2 aromatic rings. The lowest BCUT2D eigenvalue weighted by Gasteiger charge is -2.66. The first-order chi connectivity index (χ1) is 17.1. The predicted molar refractivity (Wildman–Crippen MR) is 130 cm³/mol. The van der Waals surface area contributed by atoms with Crippen molar-refractivity contribution < 1.29 is 14.3 Å². The number of hydrogen-bond donors (Lipinski definition) is 1. The summed E-state index contributed by atoms with van der Waals surface area (Å²) in [5, 5.41) is 21.6. The van der Waals surface area contributed by atoms with Crippen LogP contribution in [0.15, 0.2) is 18.2 Å². The van der Waals surface area contributed by atoms with Crippen LogP contribution >= 0.6 is 0 Å². The standard InChI is InChI=1S/C27H26N6O3/c1-15-8-18(6-5-7-28)9-16(2)21(15)35-22-19-20(23(34)33-10-17(3)36-25(19,33)4)30-24(31-22)32-27-11-26(12-27,13-27)14-29/h5-6,8-9,17H,10-13H2,1-4H3,(H,30,31,32)/b6-5+/t17-,25+,26?,27?/m0/s1. The lowest BCUT2D eigenvalue weighted by atomic mass is 9.40. The van der Waals surface area contributed by atoms with Crippen molar-refractivity contribution >= 4 is 17.9 Å². The third-order valence-corrected chi connectivity index (χ3v) is 7.85. The van der Waals surface area contributed by atoms with E-state index in [0.717, 1.165) is 36.0 Å². The highest BCUT2D eigenvalue weighted by Gasteiger charge is 2.69. The van der Waals surface area contributed by atoms with Crippen LogP contribution in [0, 0.1) is 41.9 Å². The molecule has 1 amide bonds. The topological polar surface area (TPSA) is 124 Å². The van der Waals surface area contributed by atoms with Crippen molar-refractivity contribution in [3.63, 3.8) is 0 Å². The molecule has 1 aromatic carbocycles. The highest BCUT2D eigenvalue weighted by molar-refractivity contribution is 5.99. The van der Waals surface area contributed by atoms with Gasteiger partial charge in [0.15, 0.2) is 5.72 Å². The Bertz CT molecular complexity index is 1410. The molecular weight excluding hydrogens is 456 g/mol. The zero-order chi connectivity index (χ0) is 25.5. The van der Waals surface area contributed by atoms with Gasteiger partial charge in [-0.2, -0.15) is 15.5 Å². The van der Waals surface area contributed by atoms with Gasteiger partial charge in [0, 0.05) is 11.6 Å². The number of ether oxygens (including phenoxy) is 2. The Kier molecular flexibility index (Phi) is 4.55. The predicted octanol–water partition coefficient (Wildman–Crippen LogP) is 4.33. The van der Waals surface area contributed by atoms with E-state index in [2.05, 4.69) is 16.4 Å². The third-order valence-electron chi connectivity index (χ3n) is 7.85. The molecule has 9 nitrogen and oxygen atoms in total. The number of carbonyl (C=O) groups is 1. The second-order valence-electron chi connectivity index (χ2n) is 10.8. The van der Waals surface area contributed by atoms with Crippen LogP contribution in [-0.2, 0) is 10.5 Å². The number of nitrogens with zero attached hydrogens (tertiary/aromatic N) is 5. The molecular formula is C27H26N6O3. The summed E-state index contributed by atoms with van der Waals surface area (Å²) >= 11 is 0. The molecule has 3 saturated carbocycles. The van der Waals surface area contributed by atoms with Crippen LogP contribution in [-0.4, -0.2) is 39.0 Å². The van der Waals surface area contributed by atoms with Crippen molar-refractivity contribution in [1.29, 1.82) is 10.5 Å². The summed E-state index contributed by atoms with van der Waals surface area (Å²) in [6.45, 7) is 8.12. The van der Waals surface area contributed by atoms with Crippen LogP contribution in [0.2, 0.25) is 0 Å². The number of carbonyl (C=O) groups excluding carboxylic acids is 1. The van der Waals surface area contributed by atoms with Gasteiger partial charge in [-0.25, -0.2) is 4.98 Å². The summed E-state index contributed by atoms with van der Waals surface area (Å²) in [6.07, 6.45) is 5.31. The molecule has 5 aliphatic rings. The minimum absolute atomic E-state index is 0.129.